The summed E-state index contributed by atoms with van der Waals surface area (Å²) in [4.78, 5) is -0.0513. The van der Waals surface area contributed by atoms with Crippen LogP contribution in [0.5, 0.6) is 0 Å². The van der Waals surface area contributed by atoms with E-state index in [1.54, 1.807) is 23.0 Å². The quantitative estimate of drug-likeness (QED) is 0.557. The van der Waals surface area contributed by atoms with Gasteiger partial charge in [0, 0.05) is 0 Å². The Labute approximate surface area is 167 Å². The molecule has 0 N–H and O–H groups in total. The number of halogens is 3. The lowest BCUT2D eigenvalue weighted by molar-refractivity contribution is -0.138. The van der Waals surface area contributed by atoms with Crippen LogP contribution in [0, 0.1) is 0 Å². The number of rotatable bonds is 7. The highest BCUT2D eigenvalue weighted by Crippen LogP contribution is 2.33. The topological polar surface area (TPSA) is 64.8 Å². The molecule has 29 heavy (non-hydrogen) atoms. The van der Waals surface area contributed by atoms with Gasteiger partial charge in [0.1, 0.15) is 0 Å². The van der Waals surface area contributed by atoms with Crippen LogP contribution in [0.1, 0.15) is 36.6 Å². The number of alkyl halides is 3. The van der Waals surface area contributed by atoms with Crippen LogP contribution in [0.4, 0.5) is 13.2 Å². The van der Waals surface area contributed by atoms with Gasteiger partial charge in [0.2, 0.25) is 0 Å². The molecule has 0 fully saturated rings. The lowest BCUT2D eigenvalue weighted by Gasteiger charge is -2.13. The van der Waals surface area contributed by atoms with Gasteiger partial charge in [-0.25, -0.2) is 13.1 Å². The van der Waals surface area contributed by atoms with Crippen LogP contribution in [-0.2, 0) is 28.2 Å². The van der Waals surface area contributed by atoms with Crippen LogP contribution in [-0.4, -0.2) is 23.4 Å². The van der Waals surface area contributed by atoms with Crippen molar-refractivity contribution < 1.29 is 21.6 Å². The van der Waals surface area contributed by atoms with Crippen LogP contribution in [0.15, 0.2) is 59.6 Å². The van der Waals surface area contributed by atoms with E-state index in [4.69, 9.17) is 0 Å². The van der Waals surface area contributed by atoms with E-state index in [9.17, 15) is 21.6 Å². The molecule has 0 bridgehead atoms. The Morgan fingerprint density at radius 1 is 1.03 bits per heavy atom. The van der Waals surface area contributed by atoms with Gasteiger partial charge < -0.3 is 0 Å². The molecule has 0 spiro atoms. The summed E-state index contributed by atoms with van der Waals surface area (Å²) in [5.74, 6) is -0.730. The first-order valence-electron chi connectivity index (χ1n) is 9.10. The predicted molar refractivity (Wildman–Crippen MR) is 102 cm³/mol. The summed E-state index contributed by atoms with van der Waals surface area (Å²) in [6.45, 7) is 2.08. The first kappa shape index (κ1) is 21.0. The Hall–Kier alpha value is -2.68. The molecule has 0 saturated heterocycles. The summed E-state index contributed by atoms with van der Waals surface area (Å²) in [5, 5.41) is 8.11. The molecule has 9 heteroatoms. The predicted octanol–water partition coefficient (Wildman–Crippen LogP) is 4.60. The molecule has 0 aliphatic carbocycles. The second kappa shape index (κ2) is 8.36. The number of hydrogen-bond acceptors (Lipinski definition) is 4. The fourth-order valence-corrected chi connectivity index (χ4v) is 4.29. The van der Waals surface area contributed by atoms with Crippen molar-refractivity contribution in [2.45, 2.75) is 43.0 Å². The van der Waals surface area contributed by atoms with Gasteiger partial charge in [-0.1, -0.05) is 36.8 Å². The van der Waals surface area contributed by atoms with Gasteiger partial charge in [-0.05, 0) is 48.7 Å². The van der Waals surface area contributed by atoms with Gasteiger partial charge in [-0.2, -0.15) is 13.2 Å². The van der Waals surface area contributed by atoms with E-state index < -0.39 is 27.3 Å². The minimum absolute atomic E-state index is 0.0513. The fourth-order valence-electron chi connectivity index (χ4n) is 2.91. The lowest BCUT2D eigenvalue weighted by Crippen LogP contribution is -2.13. The molecule has 3 rings (SSSR count). The SMILES string of the molecule is CCCCc1cn(-c2ccc(S(=O)(=O)Cc3ccccc3C(F)(F)F)cc2)nn1. The molecule has 2 aromatic carbocycles. The normalized spacial score (nSPS) is 12.3. The maximum Gasteiger partial charge on any atom is 0.416 e. The Balaban J connectivity index is 1.82. The van der Waals surface area contributed by atoms with Crippen molar-refractivity contribution in [3.63, 3.8) is 0 Å². The van der Waals surface area contributed by atoms with Crippen LogP contribution >= 0.6 is 0 Å². The van der Waals surface area contributed by atoms with Crippen LogP contribution in [0.25, 0.3) is 5.69 Å². The average Bonchev–Trinajstić information content (AvgIpc) is 3.15. The number of hydrogen-bond donors (Lipinski definition) is 0. The average molecular weight is 423 g/mol. The summed E-state index contributed by atoms with van der Waals surface area (Å²) in [6.07, 6.45) is 0.00499. The van der Waals surface area contributed by atoms with Crippen molar-refractivity contribution in [2.75, 3.05) is 0 Å². The maximum atomic E-state index is 13.1. The zero-order valence-corrected chi connectivity index (χ0v) is 16.5. The van der Waals surface area contributed by atoms with Gasteiger partial charge in [-0.3, -0.25) is 0 Å². The summed E-state index contributed by atoms with van der Waals surface area (Å²) >= 11 is 0. The third-order valence-electron chi connectivity index (χ3n) is 4.46. The molecule has 0 atom stereocenters. The molecule has 5 nitrogen and oxygen atoms in total. The zero-order chi connectivity index (χ0) is 21.1. The zero-order valence-electron chi connectivity index (χ0n) is 15.7. The number of unbranched alkanes of at least 4 members (excludes halogenated alkanes) is 1. The smallest absolute Gasteiger partial charge is 0.223 e. The molecule has 1 aromatic heterocycles. The second-order valence-electron chi connectivity index (χ2n) is 6.67. The molecule has 3 aromatic rings. The van der Waals surface area contributed by atoms with Crippen LogP contribution < -0.4 is 0 Å². The van der Waals surface area contributed by atoms with Crippen LogP contribution in [0.2, 0.25) is 0 Å². The monoisotopic (exact) mass is 423 g/mol. The van der Waals surface area contributed by atoms with Gasteiger partial charge in [0.25, 0.3) is 0 Å². The van der Waals surface area contributed by atoms with E-state index >= 15 is 0 Å². The van der Waals surface area contributed by atoms with E-state index in [1.807, 2.05) is 0 Å². The molecular formula is C20H20F3N3O2S. The Kier molecular flexibility index (Phi) is 6.07. The number of sulfone groups is 1. The van der Waals surface area contributed by atoms with E-state index in [0.29, 0.717) is 5.69 Å². The van der Waals surface area contributed by atoms with Crippen molar-refractivity contribution in [1.29, 1.82) is 0 Å². The number of nitrogens with zero attached hydrogens (tertiary/aromatic N) is 3. The standard InChI is InChI=1S/C20H20F3N3O2S/c1-2-3-7-16-13-26(25-24-16)17-9-11-18(12-10-17)29(27,28)14-15-6-4-5-8-19(15)20(21,22)23/h4-6,8-13H,2-3,7,14H2,1H3. The largest absolute Gasteiger partial charge is 0.416 e. The first-order chi connectivity index (χ1) is 13.7. The molecule has 0 saturated carbocycles. The van der Waals surface area contributed by atoms with E-state index in [2.05, 4.69) is 17.2 Å². The Morgan fingerprint density at radius 3 is 2.38 bits per heavy atom. The van der Waals surface area contributed by atoms with Crippen molar-refractivity contribution in [3.8, 4) is 5.69 Å². The second-order valence-corrected chi connectivity index (χ2v) is 8.66. The highest BCUT2D eigenvalue weighted by molar-refractivity contribution is 7.90. The van der Waals surface area contributed by atoms with Crippen molar-refractivity contribution in [3.05, 3.63) is 71.5 Å². The Bertz CT molecular complexity index is 1070. The van der Waals surface area contributed by atoms with Gasteiger partial charge in [-0.15, -0.1) is 5.10 Å². The highest BCUT2D eigenvalue weighted by Gasteiger charge is 2.34. The molecule has 154 valence electrons. The maximum absolute atomic E-state index is 13.1. The van der Waals surface area contributed by atoms with E-state index in [1.165, 1.54) is 30.3 Å². The summed E-state index contributed by atoms with van der Waals surface area (Å²) in [5.41, 5.74) is 0.241. The van der Waals surface area contributed by atoms with Gasteiger partial charge in [0.05, 0.1) is 33.8 Å². The minimum Gasteiger partial charge on any atom is -0.223 e. The highest BCUT2D eigenvalue weighted by atomic mass is 32.2. The molecule has 0 aliphatic rings. The lowest BCUT2D eigenvalue weighted by atomic mass is 10.1. The van der Waals surface area contributed by atoms with E-state index in [0.717, 1.165) is 31.0 Å². The summed E-state index contributed by atoms with van der Waals surface area (Å²) in [6, 6.07) is 10.5. The van der Waals surface area contributed by atoms with Crippen molar-refractivity contribution >= 4 is 9.84 Å². The third kappa shape index (κ3) is 5.03. The summed E-state index contributed by atoms with van der Waals surface area (Å²) in [7, 11) is -3.95. The van der Waals surface area contributed by atoms with Crippen molar-refractivity contribution in [1.82, 2.24) is 15.0 Å². The molecule has 0 radical (unpaired) electrons. The minimum atomic E-state index is -4.61. The molecule has 0 aliphatic heterocycles. The molecule has 1 heterocycles. The van der Waals surface area contributed by atoms with Gasteiger partial charge in [0.15, 0.2) is 9.84 Å². The number of benzene rings is 2. The molecule has 0 amide bonds. The summed E-state index contributed by atoms with van der Waals surface area (Å²) < 4.78 is 66.2. The van der Waals surface area contributed by atoms with E-state index in [-0.39, 0.29) is 10.5 Å². The van der Waals surface area contributed by atoms with Gasteiger partial charge >= 0.3 is 6.18 Å². The Morgan fingerprint density at radius 2 is 1.72 bits per heavy atom. The van der Waals surface area contributed by atoms with Crippen LogP contribution in [0.3, 0.4) is 0 Å². The van der Waals surface area contributed by atoms with Crippen molar-refractivity contribution in [2.24, 2.45) is 0 Å². The molecule has 0 unspecified atom stereocenters. The number of aromatic nitrogens is 3. The molecular weight excluding hydrogens is 403 g/mol. The first-order valence-corrected chi connectivity index (χ1v) is 10.8. The third-order valence-corrected chi connectivity index (χ3v) is 6.14. The fraction of sp³-hybridized carbons (Fsp3) is 0.300. The number of aryl methyl sites for hydroxylation is 1.